The number of carboxylic acid groups (broad SMARTS) is 1. The van der Waals surface area contributed by atoms with Gasteiger partial charge in [-0.3, -0.25) is 4.99 Å². The maximum Gasteiger partial charge on any atom is 0.328 e. The Kier molecular flexibility index (Phi) is 3.23. The molecule has 14 heavy (non-hydrogen) atoms. The van der Waals surface area contributed by atoms with Gasteiger partial charge in [-0.05, 0) is 6.92 Å². The Hall–Kier alpha value is -1.84. The number of carbonyl (C=O) groups is 1. The van der Waals surface area contributed by atoms with Gasteiger partial charge < -0.3 is 10.8 Å². The van der Waals surface area contributed by atoms with Crippen LogP contribution in [0.5, 0.6) is 0 Å². The van der Waals surface area contributed by atoms with E-state index in [-0.39, 0.29) is 5.84 Å². The van der Waals surface area contributed by atoms with Crippen molar-refractivity contribution in [2.24, 2.45) is 10.7 Å². The van der Waals surface area contributed by atoms with Crippen molar-refractivity contribution in [3.63, 3.8) is 0 Å². The van der Waals surface area contributed by atoms with Gasteiger partial charge in [0.1, 0.15) is 11.9 Å². The number of aliphatic carboxylic acids is 1. The van der Waals surface area contributed by atoms with E-state index in [2.05, 4.69) is 4.99 Å². The molecule has 0 aliphatic heterocycles. The number of nitrogens with zero attached hydrogens (tertiary/aromatic N) is 1. The molecule has 0 bridgehead atoms. The number of amidine groups is 1. The summed E-state index contributed by atoms with van der Waals surface area (Å²) in [4.78, 5) is 14.3. The molecule has 0 aliphatic rings. The Balaban J connectivity index is 2.85. The zero-order valence-electron chi connectivity index (χ0n) is 7.84. The maximum atomic E-state index is 10.5. The topological polar surface area (TPSA) is 75.7 Å². The molecule has 0 radical (unpaired) electrons. The van der Waals surface area contributed by atoms with E-state index in [9.17, 15) is 4.79 Å². The predicted octanol–water partition coefficient (Wildman–Crippen LogP) is 0.865. The minimum Gasteiger partial charge on any atom is -0.480 e. The van der Waals surface area contributed by atoms with Crippen molar-refractivity contribution in [1.29, 1.82) is 0 Å². The van der Waals surface area contributed by atoms with Crippen molar-refractivity contribution < 1.29 is 9.90 Å². The van der Waals surface area contributed by atoms with E-state index in [0.29, 0.717) is 0 Å². The largest absolute Gasteiger partial charge is 0.480 e. The Labute approximate surface area is 82.1 Å². The average molecular weight is 192 g/mol. The molecule has 0 amide bonds. The lowest BCUT2D eigenvalue weighted by Gasteiger charge is -2.03. The van der Waals surface area contributed by atoms with Crippen LogP contribution in [0, 0.1) is 0 Å². The number of benzene rings is 1. The average Bonchev–Trinajstić information content (AvgIpc) is 2.19. The van der Waals surface area contributed by atoms with Gasteiger partial charge in [0, 0.05) is 5.56 Å². The fourth-order valence-electron chi connectivity index (χ4n) is 0.947. The lowest BCUT2D eigenvalue weighted by atomic mass is 10.2. The molecule has 1 aromatic carbocycles. The monoisotopic (exact) mass is 192 g/mol. The van der Waals surface area contributed by atoms with Crippen LogP contribution in [0.25, 0.3) is 0 Å². The van der Waals surface area contributed by atoms with Crippen LogP contribution in [0.2, 0.25) is 0 Å². The van der Waals surface area contributed by atoms with Gasteiger partial charge in [-0.2, -0.15) is 0 Å². The van der Waals surface area contributed by atoms with Crippen LogP contribution in [0.1, 0.15) is 12.5 Å². The smallest absolute Gasteiger partial charge is 0.328 e. The van der Waals surface area contributed by atoms with Gasteiger partial charge in [-0.15, -0.1) is 0 Å². The van der Waals surface area contributed by atoms with Crippen molar-refractivity contribution in [2.75, 3.05) is 0 Å². The van der Waals surface area contributed by atoms with Crippen LogP contribution in [-0.2, 0) is 4.79 Å². The molecule has 0 saturated heterocycles. The third kappa shape index (κ3) is 2.58. The number of hydrogen-bond donors (Lipinski definition) is 2. The summed E-state index contributed by atoms with van der Waals surface area (Å²) in [7, 11) is 0. The molecule has 0 aromatic heterocycles. The summed E-state index contributed by atoms with van der Waals surface area (Å²) >= 11 is 0. The zero-order chi connectivity index (χ0) is 10.6. The van der Waals surface area contributed by atoms with Crippen LogP contribution in [0.4, 0.5) is 0 Å². The first-order valence-electron chi connectivity index (χ1n) is 4.22. The Bertz CT molecular complexity index is 346. The summed E-state index contributed by atoms with van der Waals surface area (Å²) in [6.07, 6.45) is 0. The van der Waals surface area contributed by atoms with Gasteiger partial charge in [0.2, 0.25) is 0 Å². The molecule has 0 fully saturated rings. The van der Waals surface area contributed by atoms with E-state index in [1.54, 1.807) is 12.1 Å². The second-order valence-corrected chi connectivity index (χ2v) is 2.89. The van der Waals surface area contributed by atoms with Crippen molar-refractivity contribution in [2.45, 2.75) is 13.0 Å². The number of aliphatic imine (C=N–C) groups is 1. The van der Waals surface area contributed by atoms with E-state index in [1.165, 1.54) is 6.92 Å². The number of carboxylic acids is 1. The minimum absolute atomic E-state index is 0.250. The van der Waals surface area contributed by atoms with Crippen molar-refractivity contribution in [3.8, 4) is 0 Å². The highest BCUT2D eigenvalue weighted by atomic mass is 16.4. The predicted molar refractivity (Wildman–Crippen MR) is 54.3 cm³/mol. The number of hydrogen-bond acceptors (Lipinski definition) is 2. The molecule has 4 heteroatoms. The minimum atomic E-state index is -0.983. The summed E-state index contributed by atoms with van der Waals surface area (Å²) < 4.78 is 0. The fourth-order valence-corrected chi connectivity index (χ4v) is 0.947. The molecule has 1 rings (SSSR count). The lowest BCUT2D eigenvalue weighted by Crippen LogP contribution is -2.21. The second-order valence-electron chi connectivity index (χ2n) is 2.89. The first kappa shape index (κ1) is 10.2. The summed E-state index contributed by atoms with van der Waals surface area (Å²) in [5.74, 6) is -0.732. The third-order valence-corrected chi connectivity index (χ3v) is 1.76. The number of nitrogens with two attached hydrogens (primary N) is 1. The Morgan fingerprint density at radius 1 is 1.43 bits per heavy atom. The van der Waals surface area contributed by atoms with Gasteiger partial charge >= 0.3 is 5.97 Å². The summed E-state index contributed by atoms with van der Waals surface area (Å²) in [5.41, 5.74) is 6.36. The molecule has 1 aromatic rings. The molecular weight excluding hydrogens is 180 g/mol. The van der Waals surface area contributed by atoms with Gasteiger partial charge in [0.25, 0.3) is 0 Å². The molecule has 74 valence electrons. The quantitative estimate of drug-likeness (QED) is 0.551. The molecular formula is C10H12N2O2. The molecule has 0 unspecified atom stereocenters. The van der Waals surface area contributed by atoms with Crippen LogP contribution >= 0.6 is 0 Å². The molecule has 4 nitrogen and oxygen atoms in total. The maximum absolute atomic E-state index is 10.5. The normalized spacial score (nSPS) is 13.6. The highest BCUT2D eigenvalue weighted by molar-refractivity contribution is 5.98. The van der Waals surface area contributed by atoms with E-state index in [4.69, 9.17) is 10.8 Å². The van der Waals surface area contributed by atoms with Gasteiger partial charge in [0.15, 0.2) is 0 Å². The van der Waals surface area contributed by atoms with E-state index in [1.807, 2.05) is 18.2 Å². The molecule has 0 saturated carbocycles. The van der Waals surface area contributed by atoms with Gasteiger partial charge in [-0.25, -0.2) is 4.79 Å². The summed E-state index contributed by atoms with van der Waals surface area (Å²) in [5, 5.41) is 8.62. The number of rotatable bonds is 3. The van der Waals surface area contributed by atoms with E-state index in [0.717, 1.165) is 5.56 Å². The van der Waals surface area contributed by atoms with Crippen LogP contribution < -0.4 is 5.73 Å². The lowest BCUT2D eigenvalue weighted by molar-refractivity contribution is -0.137. The van der Waals surface area contributed by atoms with E-state index < -0.39 is 12.0 Å². The molecule has 1 atom stereocenters. The van der Waals surface area contributed by atoms with Gasteiger partial charge in [0.05, 0.1) is 0 Å². The second kappa shape index (κ2) is 4.41. The van der Waals surface area contributed by atoms with Crippen molar-refractivity contribution >= 4 is 11.8 Å². The first-order valence-corrected chi connectivity index (χ1v) is 4.22. The van der Waals surface area contributed by atoms with Crippen LogP contribution in [0.3, 0.4) is 0 Å². The Morgan fingerprint density at radius 3 is 2.50 bits per heavy atom. The molecule has 0 spiro atoms. The van der Waals surface area contributed by atoms with Crippen LogP contribution in [0.15, 0.2) is 35.3 Å². The highest BCUT2D eigenvalue weighted by Crippen LogP contribution is 1.99. The standard InChI is InChI=1S/C10H12N2O2/c1-7(10(13)14)12-9(11)8-5-3-2-4-6-8/h2-7H,1H3,(H2,11,12)(H,13,14)/t7-/m0/s1. The molecule has 0 heterocycles. The summed E-state index contributed by atoms with van der Waals surface area (Å²) in [6.45, 7) is 1.48. The zero-order valence-corrected chi connectivity index (χ0v) is 7.84. The molecule has 3 N–H and O–H groups in total. The first-order chi connectivity index (χ1) is 6.61. The van der Waals surface area contributed by atoms with Crippen molar-refractivity contribution in [3.05, 3.63) is 35.9 Å². The summed E-state index contributed by atoms with van der Waals surface area (Å²) in [6, 6.07) is 8.26. The fraction of sp³-hybridized carbons (Fsp3) is 0.200. The molecule has 0 aliphatic carbocycles. The third-order valence-electron chi connectivity index (χ3n) is 1.76. The van der Waals surface area contributed by atoms with Crippen LogP contribution in [-0.4, -0.2) is 23.0 Å². The SMILES string of the molecule is C[C@H](N=C(N)c1ccccc1)C(=O)O. The Morgan fingerprint density at radius 2 is 2.00 bits per heavy atom. The van der Waals surface area contributed by atoms with Crippen molar-refractivity contribution in [1.82, 2.24) is 0 Å². The van der Waals surface area contributed by atoms with Gasteiger partial charge in [-0.1, -0.05) is 30.3 Å². The van der Waals surface area contributed by atoms with E-state index >= 15 is 0 Å². The highest BCUT2D eigenvalue weighted by Gasteiger charge is 2.09.